The van der Waals surface area contributed by atoms with Crippen molar-refractivity contribution < 1.29 is 23.8 Å². The molecular weight excluding hydrogens is 460 g/mol. The summed E-state index contributed by atoms with van der Waals surface area (Å²) in [6, 6.07) is 15.0. The topological polar surface area (TPSA) is 115 Å². The molecule has 0 unspecified atom stereocenters. The molecule has 2 amide bonds. The number of nitriles is 1. The average Bonchev–Trinajstić information content (AvgIpc) is 3.65. The van der Waals surface area contributed by atoms with Crippen molar-refractivity contribution in [1.29, 1.82) is 5.26 Å². The highest BCUT2D eigenvalue weighted by Crippen LogP contribution is 2.32. The summed E-state index contributed by atoms with van der Waals surface area (Å²) < 4.78 is 18.1. The third-order valence-corrected chi connectivity index (χ3v) is 6.24. The second kappa shape index (κ2) is 10.5. The highest BCUT2D eigenvalue weighted by Gasteiger charge is 2.18. The van der Waals surface area contributed by atoms with Crippen LogP contribution in [0, 0.1) is 11.3 Å². The molecule has 36 heavy (non-hydrogen) atoms. The van der Waals surface area contributed by atoms with E-state index in [4.69, 9.17) is 14.2 Å². The number of aromatic nitrogens is 1. The monoisotopic (exact) mass is 486 g/mol. The first-order valence-electron chi connectivity index (χ1n) is 11.9. The lowest BCUT2D eigenvalue weighted by molar-refractivity contribution is -0.122. The number of fused-ring (bicyclic) bond motifs is 2. The Balaban J connectivity index is 1.29. The number of rotatable bonds is 8. The van der Waals surface area contributed by atoms with Crippen molar-refractivity contribution in [1.82, 2.24) is 15.2 Å². The zero-order chi connectivity index (χ0) is 24.9. The third-order valence-electron chi connectivity index (χ3n) is 6.24. The van der Waals surface area contributed by atoms with Gasteiger partial charge < -0.3 is 29.4 Å². The van der Waals surface area contributed by atoms with Gasteiger partial charge in [0.1, 0.15) is 18.2 Å². The van der Waals surface area contributed by atoms with Gasteiger partial charge in [-0.15, -0.1) is 0 Å². The van der Waals surface area contributed by atoms with E-state index in [2.05, 4.69) is 10.6 Å². The van der Waals surface area contributed by atoms with Crippen molar-refractivity contribution in [3.05, 3.63) is 65.4 Å². The van der Waals surface area contributed by atoms with E-state index in [1.165, 1.54) is 0 Å². The lowest BCUT2D eigenvalue weighted by Gasteiger charge is -2.11. The maximum Gasteiger partial charge on any atom is 0.262 e. The van der Waals surface area contributed by atoms with Gasteiger partial charge in [0.25, 0.3) is 5.91 Å². The molecule has 2 aromatic carbocycles. The van der Waals surface area contributed by atoms with Gasteiger partial charge in [-0.2, -0.15) is 5.26 Å². The van der Waals surface area contributed by atoms with Gasteiger partial charge in [0.05, 0.1) is 6.10 Å². The number of benzene rings is 2. The standard InChI is InChI=1S/C27H26N4O5/c28-12-19(27(33)30-13-18-7-8-24-25(10-18)36-17-35-24)11-20-15-31(23-6-2-1-5-22(20)23)16-26(32)29-14-21-4-3-9-34-21/h1-2,5-8,10-11,15,21H,3-4,9,13-14,16-17H2,(H,29,32)(H,30,33)/b19-11+/t21-/m0/s1. The Labute approximate surface area is 208 Å². The van der Waals surface area contributed by atoms with Crippen molar-refractivity contribution in [3.8, 4) is 17.6 Å². The van der Waals surface area contributed by atoms with Crippen LogP contribution in [0.2, 0.25) is 0 Å². The van der Waals surface area contributed by atoms with E-state index in [1.807, 2.05) is 41.0 Å². The van der Waals surface area contributed by atoms with Crippen LogP contribution in [-0.2, 0) is 27.4 Å². The minimum Gasteiger partial charge on any atom is -0.454 e. The number of carbonyl (C=O) groups is 2. The van der Waals surface area contributed by atoms with E-state index in [-0.39, 0.29) is 37.5 Å². The summed E-state index contributed by atoms with van der Waals surface area (Å²) in [7, 11) is 0. The molecule has 2 aliphatic rings. The lowest BCUT2D eigenvalue weighted by atomic mass is 10.1. The van der Waals surface area contributed by atoms with Crippen LogP contribution >= 0.6 is 0 Å². The summed E-state index contributed by atoms with van der Waals surface area (Å²) in [6.07, 6.45) is 5.39. The van der Waals surface area contributed by atoms with Crippen LogP contribution in [0.15, 0.2) is 54.2 Å². The summed E-state index contributed by atoms with van der Waals surface area (Å²) in [5.41, 5.74) is 2.33. The third kappa shape index (κ3) is 5.19. The molecule has 5 rings (SSSR count). The van der Waals surface area contributed by atoms with Crippen LogP contribution in [0.25, 0.3) is 17.0 Å². The first-order valence-corrected chi connectivity index (χ1v) is 11.9. The van der Waals surface area contributed by atoms with Crippen LogP contribution in [-0.4, -0.2) is 42.4 Å². The van der Waals surface area contributed by atoms with Crippen molar-refractivity contribution >= 4 is 28.8 Å². The van der Waals surface area contributed by atoms with E-state index in [9.17, 15) is 14.9 Å². The molecule has 1 aromatic heterocycles. The fourth-order valence-corrected chi connectivity index (χ4v) is 4.40. The molecule has 2 aliphatic heterocycles. The predicted octanol–water partition coefficient (Wildman–Crippen LogP) is 2.89. The van der Waals surface area contributed by atoms with Gasteiger partial charge in [0.2, 0.25) is 12.7 Å². The van der Waals surface area contributed by atoms with E-state index >= 15 is 0 Å². The maximum atomic E-state index is 12.8. The Morgan fingerprint density at radius 3 is 2.83 bits per heavy atom. The summed E-state index contributed by atoms with van der Waals surface area (Å²) in [6.45, 7) is 1.77. The van der Waals surface area contributed by atoms with E-state index in [1.54, 1.807) is 24.4 Å². The van der Waals surface area contributed by atoms with Gasteiger partial charge >= 0.3 is 0 Å². The summed E-state index contributed by atoms with van der Waals surface area (Å²) >= 11 is 0. The van der Waals surface area contributed by atoms with E-state index in [0.29, 0.717) is 23.6 Å². The van der Waals surface area contributed by atoms with E-state index < -0.39 is 5.91 Å². The molecule has 2 N–H and O–H groups in total. The molecule has 1 saturated heterocycles. The largest absolute Gasteiger partial charge is 0.454 e. The van der Waals surface area contributed by atoms with Crippen LogP contribution in [0.3, 0.4) is 0 Å². The average molecular weight is 487 g/mol. The number of carbonyl (C=O) groups excluding carboxylic acids is 2. The Hall–Kier alpha value is -4.29. The summed E-state index contributed by atoms with van der Waals surface area (Å²) in [4.78, 5) is 25.3. The molecule has 3 aromatic rings. The lowest BCUT2D eigenvalue weighted by Crippen LogP contribution is -2.34. The van der Waals surface area contributed by atoms with Gasteiger partial charge in [0.15, 0.2) is 11.5 Å². The minimum atomic E-state index is -0.485. The van der Waals surface area contributed by atoms with Gasteiger partial charge in [-0.25, -0.2) is 0 Å². The fourth-order valence-electron chi connectivity index (χ4n) is 4.40. The normalized spacial score (nSPS) is 16.6. The molecule has 0 saturated carbocycles. The second-order valence-corrected chi connectivity index (χ2v) is 8.71. The molecule has 1 atom stereocenters. The van der Waals surface area contributed by atoms with Crippen molar-refractivity contribution in [3.63, 3.8) is 0 Å². The molecule has 9 heteroatoms. The molecule has 184 valence electrons. The Bertz CT molecular complexity index is 1360. The minimum absolute atomic E-state index is 0.0264. The van der Waals surface area contributed by atoms with E-state index in [0.717, 1.165) is 35.9 Å². The van der Waals surface area contributed by atoms with Gasteiger partial charge in [0, 0.05) is 42.4 Å². The smallest absolute Gasteiger partial charge is 0.262 e. The molecule has 0 spiro atoms. The number of hydrogen-bond donors (Lipinski definition) is 2. The van der Waals surface area contributed by atoms with Crippen molar-refractivity contribution in [2.45, 2.75) is 32.0 Å². The zero-order valence-corrected chi connectivity index (χ0v) is 19.7. The fraction of sp³-hybridized carbons (Fsp3) is 0.296. The maximum absolute atomic E-state index is 12.8. The Morgan fingerprint density at radius 1 is 1.14 bits per heavy atom. The molecule has 0 aliphatic carbocycles. The molecule has 0 bridgehead atoms. The Morgan fingerprint density at radius 2 is 2.00 bits per heavy atom. The van der Waals surface area contributed by atoms with Crippen LogP contribution < -0.4 is 20.1 Å². The molecule has 3 heterocycles. The second-order valence-electron chi connectivity index (χ2n) is 8.71. The number of amides is 2. The molecular formula is C27H26N4O5. The molecule has 9 nitrogen and oxygen atoms in total. The van der Waals surface area contributed by atoms with Crippen LogP contribution in [0.5, 0.6) is 11.5 Å². The number of para-hydroxylation sites is 1. The van der Waals surface area contributed by atoms with Crippen molar-refractivity contribution in [2.75, 3.05) is 19.9 Å². The molecule has 1 fully saturated rings. The predicted molar refractivity (Wildman–Crippen MR) is 132 cm³/mol. The van der Waals surface area contributed by atoms with Gasteiger partial charge in [-0.1, -0.05) is 24.3 Å². The van der Waals surface area contributed by atoms with Crippen LogP contribution in [0.1, 0.15) is 24.0 Å². The van der Waals surface area contributed by atoms with Gasteiger partial charge in [-0.3, -0.25) is 9.59 Å². The van der Waals surface area contributed by atoms with Crippen LogP contribution in [0.4, 0.5) is 0 Å². The Kier molecular flexibility index (Phi) is 6.87. The number of nitrogens with one attached hydrogen (secondary N) is 2. The first-order chi connectivity index (χ1) is 17.6. The number of ether oxygens (including phenoxy) is 3. The summed E-state index contributed by atoms with van der Waals surface area (Å²) in [5, 5.41) is 16.2. The quantitative estimate of drug-likeness (QED) is 0.374. The van der Waals surface area contributed by atoms with Crippen molar-refractivity contribution in [2.24, 2.45) is 0 Å². The molecule has 0 radical (unpaired) electrons. The SMILES string of the molecule is N#C/C(=C\c1cn(CC(=O)NC[C@@H]2CCCO2)c2ccccc12)C(=O)NCc1ccc2c(c1)OCO2. The highest BCUT2D eigenvalue weighted by atomic mass is 16.7. The number of nitrogens with zero attached hydrogens (tertiary/aromatic N) is 2. The van der Waals surface area contributed by atoms with Gasteiger partial charge in [-0.05, 0) is 42.7 Å². The zero-order valence-electron chi connectivity index (χ0n) is 19.7. The highest BCUT2D eigenvalue weighted by molar-refractivity contribution is 6.04. The first kappa shape index (κ1) is 23.5. The number of hydrogen-bond acceptors (Lipinski definition) is 6. The summed E-state index contributed by atoms with van der Waals surface area (Å²) in [5.74, 6) is 0.690.